The molecule has 3 aromatic rings. The van der Waals surface area contributed by atoms with Crippen LogP contribution in [0.25, 0.3) is 5.65 Å². The number of hydrogen-bond donors (Lipinski definition) is 1. The van der Waals surface area contributed by atoms with E-state index in [4.69, 9.17) is 11.6 Å². The van der Waals surface area contributed by atoms with E-state index >= 15 is 0 Å². The lowest BCUT2D eigenvalue weighted by atomic mass is 10.1. The van der Waals surface area contributed by atoms with Gasteiger partial charge in [-0.05, 0) is 49.6 Å². The second-order valence-corrected chi connectivity index (χ2v) is 6.14. The Morgan fingerprint density at radius 2 is 2.08 bits per heavy atom. The highest BCUT2D eigenvalue weighted by molar-refractivity contribution is 6.34. The Balaban J connectivity index is 2.08. The van der Waals surface area contributed by atoms with Gasteiger partial charge in [0.2, 0.25) is 0 Å². The van der Waals surface area contributed by atoms with Crippen molar-refractivity contribution in [3.05, 3.63) is 63.8 Å². The zero-order valence-corrected chi connectivity index (χ0v) is 14.4. The molecule has 0 radical (unpaired) electrons. The van der Waals surface area contributed by atoms with E-state index in [0.29, 0.717) is 34.2 Å². The lowest BCUT2D eigenvalue weighted by molar-refractivity contribution is 0.102. The number of rotatable bonds is 3. The van der Waals surface area contributed by atoms with E-state index in [-0.39, 0.29) is 5.91 Å². The largest absolute Gasteiger partial charge is 0.319 e. The van der Waals surface area contributed by atoms with Crippen LogP contribution in [0.2, 0.25) is 5.02 Å². The molecule has 0 saturated carbocycles. The van der Waals surface area contributed by atoms with Gasteiger partial charge in [0.1, 0.15) is 17.2 Å². The molecule has 124 valence electrons. The van der Waals surface area contributed by atoms with Crippen LogP contribution in [0.5, 0.6) is 0 Å². The molecule has 0 aliphatic heterocycles. The van der Waals surface area contributed by atoms with Crippen LogP contribution in [0.15, 0.2) is 30.5 Å². The standard InChI is InChI=1S/C18H17ClFN3O/c1-4-14-17(23-9-12(20)5-6-15(23)21-14)18(24)22-16-11(3)7-10(2)8-13(16)19/h5-9H,4H2,1-3H3,(H,22,24). The predicted octanol–water partition coefficient (Wildman–Crippen LogP) is 4.56. The quantitative estimate of drug-likeness (QED) is 0.756. The Labute approximate surface area is 144 Å². The van der Waals surface area contributed by atoms with Crippen molar-refractivity contribution in [2.24, 2.45) is 0 Å². The first kappa shape index (κ1) is 16.5. The molecule has 1 aromatic carbocycles. The summed E-state index contributed by atoms with van der Waals surface area (Å²) in [6.45, 7) is 5.72. The lowest BCUT2D eigenvalue weighted by Gasteiger charge is -2.12. The summed E-state index contributed by atoms with van der Waals surface area (Å²) in [5.41, 5.74) is 3.90. The van der Waals surface area contributed by atoms with Crippen molar-refractivity contribution in [2.75, 3.05) is 5.32 Å². The molecule has 24 heavy (non-hydrogen) atoms. The van der Waals surface area contributed by atoms with Crippen molar-refractivity contribution in [3.8, 4) is 0 Å². The number of pyridine rings is 1. The van der Waals surface area contributed by atoms with Crippen molar-refractivity contribution < 1.29 is 9.18 Å². The first-order valence-electron chi connectivity index (χ1n) is 7.65. The normalized spacial score (nSPS) is 11.0. The van der Waals surface area contributed by atoms with Crippen molar-refractivity contribution in [2.45, 2.75) is 27.2 Å². The lowest BCUT2D eigenvalue weighted by Crippen LogP contribution is -2.17. The van der Waals surface area contributed by atoms with E-state index in [2.05, 4.69) is 10.3 Å². The van der Waals surface area contributed by atoms with Gasteiger partial charge in [-0.2, -0.15) is 0 Å². The molecule has 0 fully saturated rings. The van der Waals surface area contributed by atoms with Crippen molar-refractivity contribution in [1.29, 1.82) is 0 Å². The number of aromatic nitrogens is 2. The zero-order valence-electron chi connectivity index (χ0n) is 13.7. The summed E-state index contributed by atoms with van der Waals surface area (Å²) in [7, 11) is 0. The van der Waals surface area contributed by atoms with E-state index in [0.717, 1.165) is 11.1 Å². The molecule has 0 saturated heterocycles. The highest BCUT2D eigenvalue weighted by Gasteiger charge is 2.20. The molecule has 0 atom stereocenters. The number of carbonyl (C=O) groups excluding carboxylic acids is 1. The number of fused-ring (bicyclic) bond motifs is 1. The fourth-order valence-corrected chi connectivity index (χ4v) is 3.17. The second kappa shape index (κ2) is 6.24. The van der Waals surface area contributed by atoms with Gasteiger partial charge >= 0.3 is 0 Å². The number of amides is 1. The molecule has 3 rings (SSSR count). The van der Waals surface area contributed by atoms with Gasteiger partial charge in [-0.25, -0.2) is 9.37 Å². The first-order valence-corrected chi connectivity index (χ1v) is 8.03. The third kappa shape index (κ3) is 2.87. The van der Waals surface area contributed by atoms with Crippen LogP contribution in [-0.4, -0.2) is 15.3 Å². The number of carbonyl (C=O) groups is 1. The maximum Gasteiger partial charge on any atom is 0.274 e. The first-order chi connectivity index (χ1) is 11.4. The zero-order chi connectivity index (χ0) is 17.4. The number of imidazole rings is 1. The Morgan fingerprint density at radius 1 is 1.33 bits per heavy atom. The number of nitrogens with zero attached hydrogens (tertiary/aromatic N) is 2. The molecular weight excluding hydrogens is 329 g/mol. The third-order valence-corrected chi connectivity index (χ3v) is 4.17. The fraction of sp³-hybridized carbons (Fsp3) is 0.222. The Morgan fingerprint density at radius 3 is 2.75 bits per heavy atom. The van der Waals surface area contributed by atoms with Crippen LogP contribution >= 0.6 is 11.6 Å². The third-order valence-electron chi connectivity index (χ3n) is 3.87. The Bertz CT molecular complexity index is 926. The van der Waals surface area contributed by atoms with Gasteiger partial charge in [-0.3, -0.25) is 9.20 Å². The molecule has 0 aliphatic rings. The average Bonchev–Trinajstić information content (AvgIpc) is 2.88. The molecule has 0 unspecified atom stereocenters. The topological polar surface area (TPSA) is 46.4 Å². The molecule has 1 N–H and O–H groups in total. The summed E-state index contributed by atoms with van der Waals surface area (Å²) in [5.74, 6) is -0.792. The summed E-state index contributed by atoms with van der Waals surface area (Å²) < 4.78 is 15.1. The van der Waals surface area contributed by atoms with E-state index < -0.39 is 5.82 Å². The predicted molar refractivity (Wildman–Crippen MR) is 93.4 cm³/mol. The number of hydrogen-bond acceptors (Lipinski definition) is 2. The minimum atomic E-state index is -0.429. The number of nitrogens with one attached hydrogen (secondary N) is 1. The monoisotopic (exact) mass is 345 g/mol. The van der Waals surface area contributed by atoms with Crippen LogP contribution < -0.4 is 5.32 Å². The van der Waals surface area contributed by atoms with Gasteiger partial charge in [-0.15, -0.1) is 0 Å². The van der Waals surface area contributed by atoms with Gasteiger partial charge in [0.15, 0.2) is 0 Å². The maximum atomic E-state index is 13.6. The van der Waals surface area contributed by atoms with Crippen LogP contribution in [0.3, 0.4) is 0 Å². The van der Waals surface area contributed by atoms with E-state index in [1.807, 2.05) is 26.8 Å². The van der Waals surface area contributed by atoms with E-state index in [1.54, 1.807) is 12.1 Å². The number of halogens is 2. The molecule has 0 bridgehead atoms. The highest BCUT2D eigenvalue weighted by atomic mass is 35.5. The van der Waals surface area contributed by atoms with Crippen molar-refractivity contribution in [3.63, 3.8) is 0 Å². The summed E-state index contributed by atoms with van der Waals surface area (Å²) in [5, 5.41) is 3.31. The molecule has 4 nitrogen and oxygen atoms in total. The van der Waals surface area contributed by atoms with Gasteiger partial charge < -0.3 is 5.32 Å². The Hall–Kier alpha value is -2.40. The van der Waals surface area contributed by atoms with Crippen LogP contribution in [0.1, 0.15) is 34.2 Å². The minimum Gasteiger partial charge on any atom is -0.319 e. The SMILES string of the molecule is CCc1nc2ccc(F)cn2c1C(=O)Nc1c(C)cc(C)cc1Cl. The maximum absolute atomic E-state index is 13.6. The number of benzene rings is 1. The average molecular weight is 346 g/mol. The highest BCUT2D eigenvalue weighted by Crippen LogP contribution is 2.28. The summed E-state index contributed by atoms with van der Waals surface area (Å²) >= 11 is 6.26. The molecule has 6 heteroatoms. The van der Waals surface area contributed by atoms with Crippen molar-refractivity contribution in [1.82, 2.24) is 9.38 Å². The number of aryl methyl sites for hydroxylation is 3. The molecule has 0 aliphatic carbocycles. The molecule has 2 aromatic heterocycles. The Kier molecular flexibility index (Phi) is 4.28. The van der Waals surface area contributed by atoms with Gasteiger partial charge in [-0.1, -0.05) is 24.6 Å². The van der Waals surface area contributed by atoms with Crippen LogP contribution in [-0.2, 0) is 6.42 Å². The summed E-state index contributed by atoms with van der Waals surface area (Å²) in [6.07, 6.45) is 1.83. The van der Waals surface area contributed by atoms with Crippen LogP contribution in [0.4, 0.5) is 10.1 Å². The minimum absolute atomic E-state index is 0.322. The van der Waals surface area contributed by atoms with Gasteiger partial charge in [0.05, 0.1) is 16.4 Å². The molecule has 1 amide bonds. The molecule has 0 spiro atoms. The van der Waals surface area contributed by atoms with Gasteiger partial charge in [0.25, 0.3) is 5.91 Å². The summed E-state index contributed by atoms with van der Waals surface area (Å²) in [4.78, 5) is 17.2. The number of anilines is 1. The van der Waals surface area contributed by atoms with Crippen molar-refractivity contribution >= 4 is 28.8 Å². The second-order valence-electron chi connectivity index (χ2n) is 5.73. The molecule has 2 heterocycles. The van der Waals surface area contributed by atoms with Gasteiger partial charge in [0, 0.05) is 6.20 Å². The van der Waals surface area contributed by atoms with Crippen LogP contribution in [0, 0.1) is 19.7 Å². The fourth-order valence-electron chi connectivity index (χ4n) is 2.80. The molecular formula is C18H17ClFN3O. The smallest absolute Gasteiger partial charge is 0.274 e. The summed E-state index contributed by atoms with van der Waals surface area (Å²) in [6, 6.07) is 6.61. The van der Waals surface area contributed by atoms with E-state index in [9.17, 15) is 9.18 Å². The van der Waals surface area contributed by atoms with E-state index in [1.165, 1.54) is 16.7 Å².